The van der Waals surface area contributed by atoms with Gasteiger partial charge in [-0.2, -0.15) is 0 Å². The maximum atomic E-state index is 6.08. The lowest BCUT2D eigenvalue weighted by atomic mass is 9.67. The summed E-state index contributed by atoms with van der Waals surface area (Å²) in [6.07, 6.45) is 4.85. The SMILES string of the molecule is CCOCCC1(CN=C(N)Nc2cccc(C(C)C)c2)CCC1. The average molecular weight is 317 g/mol. The Hall–Kier alpha value is -1.55. The summed E-state index contributed by atoms with van der Waals surface area (Å²) in [6.45, 7) is 8.83. The maximum Gasteiger partial charge on any atom is 0.193 e. The summed E-state index contributed by atoms with van der Waals surface area (Å²) in [7, 11) is 0. The van der Waals surface area contributed by atoms with Crippen molar-refractivity contribution in [1.82, 2.24) is 0 Å². The fraction of sp³-hybridized carbons (Fsp3) is 0.632. The largest absolute Gasteiger partial charge is 0.382 e. The Kier molecular flexibility index (Phi) is 6.46. The summed E-state index contributed by atoms with van der Waals surface area (Å²) in [4.78, 5) is 4.59. The molecule has 1 aromatic rings. The smallest absolute Gasteiger partial charge is 0.193 e. The molecule has 128 valence electrons. The van der Waals surface area contributed by atoms with Crippen LogP contribution in [0.15, 0.2) is 29.3 Å². The van der Waals surface area contributed by atoms with Crippen molar-refractivity contribution in [3.05, 3.63) is 29.8 Å². The summed E-state index contributed by atoms with van der Waals surface area (Å²) in [5.41, 5.74) is 8.70. The monoisotopic (exact) mass is 317 g/mol. The minimum Gasteiger partial charge on any atom is -0.382 e. The quantitative estimate of drug-likeness (QED) is 0.430. The molecule has 0 amide bonds. The van der Waals surface area contributed by atoms with Crippen LogP contribution in [0.25, 0.3) is 0 Å². The van der Waals surface area contributed by atoms with Gasteiger partial charge in [0.1, 0.15) is 0 Å². The van der Waals surface area contributed by atoms with E-state index in [-0.39, 0.29) is 0 Å². The Morgan fingerprint density at radius 2 is 2.17 bits per heavy atom. The Bertz CT molecular complexity index is 521. The zero-order valence-corrected chi connectivity index (χ0v) is 14.8. The van der Waals surface area contributed by atoms with Gasteiger partial charge in [0.25, 0.3) is 0 Å². The van der Waals surface area contributed by atoms with Crippen molar-refractivity contribution in [3.63, 3.8) is 0 Å². The van der Waals surface area contributed by atoms with E-state index in [2.05, 4.69) is 42.4 Å². The van der Waals surface area contributed by atoms with Crippen LogP contribution in [0.2, 0.25) is 0 Å². The molecule has 0 saturated heterocycles. The van der Waals surface area contributed by atoms with Gasteiger partial charge in [-0.15, -0.1) is 0 Å². The van der Waals surface area contributed by atoms with E-state index >= 15 is 0 Å². The summed E-state index contributed by atoms with van der Waals surface area (Å²) in [6, 6.07) is 8.37. The van der Waals surface area contributed by atoms with E-state index in [1.807, 2.05) is 13.0 Å². The van der Waals surface area contributed by atoms with Crippen LogP contribution < -0.4 is 11.1 Å². The maximum absolute atomic E-state index is 6.08. The molecule has 3 N–H and O–H groups in total. The summed E-state index contributed by atoms with van der Waals surface area (Å²) in [5.74, 6) is 1.01. The molecule has 0 aromatic heterocycles. The van der Waals surface area contributed by atoms with Gasteiger partial charge in [-0.05, 0) is 55.2 Å². The number of benzene rings is 1. The van der Waals surface area contributed by atoms with Crippen LogP contribution in [0.3, 0.4) is 0 Å². The summed E-state index contributed by atoms with van der Waals surface area (Å²) in [5, 5.41) is 3.22. The van der Waals surface area contributed by atoms with E-state index in [9.17, 15) is 0 Å². The standard InChI is InChI=1S/C19H31N3O/c1-4-23-12-11-19(9-6-10-19)14-21-18(20)22-17-8-5-7-16(13-17)15(2)3/h5,7-8,13,15H,4,6,9-12,14H2,1-3H3,(H3,20,21,22). The van der Waals surface area contributed by atoms with Crippen LogP contribution in [0.1, 0.15) is 57.9 Å². The predicted molar refractivity (Wildman–Crippen MR) is 98.0 cm³/mol. The van der Waals surface area contributed by atoms with Gasteiger partial charge in [-0.25, -0.2) is 0 Å². The molecule has 0 heterocycles. The third-order valence-corrected chi connectivity index (χ3v) is 4.81. The van der Waals surface area contributed by atoms with Crippen molar-refractivity contribution in [3.8, 4) is 0 Å². The third kappa shape index (κ3) is 5.24. The van der Waals surface area contributed by atoms with Crippen LogP contribution in [-0.4, -0.2) is 25.7 Å². The number of guanidine groups is 1. The Labute approximate surface area is 140 Å². The number of hydrogen-bond acceptors (Lipinski definition) is 2. The molecule has 0 atom stereocenters. The zero-order chi connectivity index (χ0) is 16.7. The molecule has 23 heavy (non-hydrogen) atoms. The summed E-state index contributed by atoms with van der Waals surface area (Å²) >= 11 is 0. The van der Waals surface area contributed by atoms with Gasteiger partial charge in [-0.3, -0.25) is 4.99 Å². The lowest BCUT2D eigenvalue weighted by Crippen LogP contribution is -2.35. The van der Waals surface area contributed by atoms with E-state index in [0.717, 1.165) is 31.9 Å². The van der Waals surface area contributed by atoms with Gasteiger partial charge >= 0.3 is 0 Å². The minimum absolute atomic E-state index is 0.307. The van der Waals surface area contributed by atoms with E-state index in [1.54, 1.807) is 0 Å². The second-order valence-corrected chi connectivity index (χ2v) is 6.91. The fourth-order valence-corrected chi connectivity index (χ4v) is 3.01. The number of hydrogen-bond donors (Lipinski definition) is 2. The van der Waals surface area contributed by atoms with Gasteiger partial charge in [0, 0.05) is 25.4 Å². The molecule has 1 aromatic carbocycles. The van der Waals surface area contributed by atoms with E-state index in [1.165, 1.54) is 24.8 Å². The molecule has 1 fully saturated rings. The Morgan fingerprint density at radius 1 is 1.39 bits per heavy atom. The zero-order valence-electron chi connectivity index (χ0n) is 14.8. The molecule has 0 unspecified atom stereocenters. The molecule has 2 rings (SSSR count). The lowest BCUT2D eigenvalue weighted by Gasteiger charge is -2.40. The third-order valence-electron chi connectivity index (χ3n) is 4.81. The molecule has 0 aliphatic heterocycles. The van der Waals surface area contributed by atoms with Gasteiger partial charge in [0.2, 0.25) is 0 Å². The highest BCUT2D eigenvalue weighted by Gasteiger charge is 2.36. The van der Waals surface area contributed by atoms with Crippen LogP contribution in [-0.2, 0) is 4.74 Å². The fourth-order valence-electron chi connectivity index (χ4n) is 3.01. The molecular weight excluding hydrogens is 286 g/mol. The highest BCUT2D eigenvalue weighted by Crippen LogP contribution is 2.44. The highest BCUT2D eigenvalue weighted by atomic mass is 16.5. The first-order chi connectivity index (χ1) is 11.0. The lowest BCUT2D eigenvalue weighted by molar-refractivity contribution is 0.0610. The number of ether oxygens (including phenoxy) is 1. The molecule has 4 nitrogen and oxygen atoms in total. The van der Waals surface area contributed by atoms with Crippen molar-refractivity contribution < 1.29 is 4.74 Å². The number of nitrogens with two attached hydrogens (primary N) is 1. The molecule has 1 saturated carbocycles. The highest BCUT2D eigenvalue weighted by molar-refractivity contribution is 5.92. The van der Waals surface area contributed by atoms with Crippen molar-refractivity contribution >= 4 is 11.6 Å². The Balaban J connectivity index is 1.90. The van der Waals surface area contributed by atoms with Crippen molar-refractivity contribution in [2.45, 2.75) is 52.4 Å². The van der Waals surface area contributed by atoms with Crippen LogP contribution in [0, 0.1) is 5.41 Å². The summed E-state index contributed by atoms with van der Waals surface area (Å²) < 4.78 is 5.51. The topological polar surface area (TPSA) is 59.6 Å². The second-order valence-electron chi connectivity index (χ2n) is 6.91. The normalized spacial score (nSPS) is 17.1. The van der Waals surface area contributed by atoms with E-state index < -0.39 is 0 Å². The molecule has 1 aliphatic carbocycles. The predicted octanol–water partition coefficient (Wildman–Crippen LogP) is 4.13. The van der Waals surface area contributed by atoms with Crippen molar-refractivity contribution in [2.75, 3.05) is 25.1 Å². The molecule has 0 spiro atoms. The van der Waals surface area contributed by atoms with Crippen molar-refractivity contribution in [2.24, 2.45) is 16.1 Å². The molecule has 4 heteroatoms. The number of anilines is 1. The van der Waals surface area contributed by atoms with Crippen LogP contribution >= 0.6 is 0 Å². The molecule has 1 aliphatic rings. The van der Waals surface area contributed by atoms with Crippen molar-refractivity contribution in [1.29, 1.82) is 0 Å². The van der Waals surface area contributed by atoms with Crippen LogP contribution in [0.4, 0.5) is 5.69 Å². The first-order valence-corrected chi connectivity index (χ1v) is 8.79. The number of rotatable bonds is 8. The molecular formula is C19H31N3O. The number of nitrogens with zero attached hydrogens (tertiary/aromatic N) is 1. The number of aliphatic imine (C=N–C) groups is 1. The average Bonchev–Trinajstić information content (AvgIpc) is 2.49. The Morgan fingerprint density at radius 3 is 2.78 bits per heavy atom. The molecule has 0 radical (unpaired) electrons. The number of nitrogens with one attached hydrogen (secondary N) is 1. The van der Waals surface area contributed by atoms with E-state index in [0.29, 0.717) is 17.3 Å². The molecule has 0 bridgehead atoms. The first-order valence-electron chi connectivity index (χ1n) is 8.79. The first kappa shape index (κ1) is 17.8. The minimum atomic E-state index is 0.307. The van der Waals surface area contributed by atoms with Crippen LogP contribution in [0.5, 0.6) is 0 Å². The second kappa shape index (κ2) is 8.34. The van der Waals surface area contributed by atoms with Gasteiger partial charge in [-0.1, -0.05) is 32.4 Å². The van der Waals surface area contributed by atoms with Gasteiger partial charge in [0.15, 0.2) is 5.96 Å². The van der Waals surface area contributed by atoms with E-state index in [4.69, 9.17) is 10.5 Å². The van der Waals surface area contributed by atoms with Gasteiger partial charge < -0.3 is 15.8 Å². The van der Waals surface area contributed by atoms with Gasteiger partial charge in [0.05, 0.1) is 0 Å².